The summed E-state index contributed by atoms with van der Waals surface area (Å²) in [5.41, 5.74) is 1.26. The van der Waals surface area contributed by atoms with Crippen LogP contribution in [0.15, 0.2) is 24.3 Å². The summed E-state index contributed by atoms with van der Waals surface area (Å²) < 4.78 is 0. The van der Waals surface area contributed by atoms with E-state index in [4.69, 9.17) is 5.11 Å². The zero-order valence-corrected chi connectivity index (χ0v) is 12.9. The second-order valence-electron chi connectivity index (χ2n) is 3.52. The second kappa shape index (κ2) is 12.1. The lowest BCUT2D eigenvalue weighted by Gasteiger charge is -2.02. The van der Waals surface area contributed by atoms with E-state index in [0.29, 0.717) is 5.56 Å². The molecule has 20 heavy (non-hydrogen) atoms. The number of carboxylic acids is 1. The fourth-order valence-corrected chi connectivity index (χ4v) is 1.39. The SMILES string of the molecule is CC.CC.Cc1ccccc1C(=O)CC(=O)CC(=O)O. The van der Waals surface area contributed by atoms with E-state index in [0.717, 1.165) is 5.56 Å². The van der Waals surface area contributed by atoms with Crippen LogP contribution >= 0.6 is 0 Å². The van der Waals surface area contributed by atoms with E-state index in [1.54, 1.807) is 31.2 Å². The van der Waals surface area contributed by atoms with Crippen LogP contribution in [-0.2, 0) is 9.59 Å². The summed E-state index contributed by atoms with van der Waals surface area (Å²) in [7, 11) is 0. The number of hydrogen-bond donors (Lipinski definition) is 1. The fraction of sp³-hybridized carbons (Fsp3) is 0.438. The molecule has 0 aromatic heterocycles. The molecule has 1 aromatic rings. The number of hydrogen-bond acceptors (Lipinski definition) is 3. The van der Waals surface area contributed by atoms with Gasteiger partial charge in [-0.25, -0.2) is 0 Å². The monoisotopic (exact) mass is 280 g/mol. The number of carbonyl (C=O) groups excluding carboxylic acids is 2. The number of benzene rings is 1. The summed E-state index contributed by atoms with van der Waals surface area (Å²) in [6.07, 6.45) is -0.950. The summed E-state index contributed by atoms with van der Waals surface area (Å²) in [5, 5.41) is 8.39. The highest BCUT2D eigenvalue weighted by atomic mass is 16.4. The number of aliphatic carboxylic acids is 1. The van der Waals surface area contributed by atoms with Crippen LogP contribution in [0.3, 0.4) is 0 Å². The quantitative estimate of drug-likeness (QED) is 0.660. The van der Waals surface area contributed by atoms with Crippen molar-refractivity contribution in [1.29, 1.82) is 0 Å². The van der Waals surface area contributed by atoms with E-state index in [9.17, 15) is 14.4 Å². The Morgan fingerprint density at radius 1 is 0.950 bits per heavy atom. The van der Waals surface area contributed by atoms with Gasteiger partial charge < -0.3 is 5.11 Å². The van der Waals surface area contributed by atoms with Crippen LogP contribution in [0.1, 0.15) is 56.5 Å². The third kappa shape index (κ3) is 8.19. The number of aryl methyl sites for hydroxylation is 1. The molecule has 1 aromatic carbocycles. The zero-order valence-electron chi connectivity index (χ0n) is 12.9. The average molecular weight is 280 g/mol. The van der Waals surface area contributed by atoms with Crippen molar-refractivity contribution >= 4 is 17.5 Å². The lowest BCUT2D eigenvalue weighted by Crippen LogP contribution is -2.13. The van der Waals surface area contributed by atoms with Gasteiger partial charge in [0.25, 0.3) is 0 Å². The van der Waals surface area contributed by atoms with Gasteiger partial charge in [0.1, 0.15) is 6.42 Å². The molecule has 4 heteroatoms. The Balaban J connectivity index is 0. The standard InChI is InChI=1S/C12H12O4.2C2H6/c1-8-4-2-3-5-10(8)11(14)6-9(13)7-12(15)16;2*1-2/h2-5H,6-7H2,1H3,(H,15,16);2*1-2H3. The van der Waals surface area contributed by atoms with Gasteiger partial charge in [0.15, 0.2) is 11.6 Å². The molecule has 0 aliphatic heterocycles. The molecule has 0 saturated heterocycles. The first-order valence-electron chi connectivity index (χ1n) is 6.83. The topological polar surface area (TPSA) is 71.4 Å². The van der Waals surface area contributed by atoms with Gasteiger partial charge in [-0.15, -0.1) is 0 Å². The van der Waals surface area contributed by atoms with Crippen molar-refractivity contribution in [3.63, 3.8) is 0 Å². The van der Waals surface area contributed by atoms with E-state index in [1.807, 2.05) is 27.7 Å². The van der Waals surface area contributed by atoms with Gasteiger partial charge in [0, 0.05) is 5.56 Å². The van der Waals surface area contributed by atoms with Crippen molar-refractivity contribution in [3.05, 3.63) is 35.4 Å². The summed E-state index contributed by atoms with van der Waals surface area (Å²) in [5.74, 6) is -2.10. The second-order valence-corrected chi connectivity index (χ2v) is 3.52. The Labute approximate surface area is 120 Å². The van der Waals surface area contributed by atoms with Crippen molar-refractivity contribution in [1.82, 2.24) is 0 Å². The van der Waals surface area contributed by atoms with Crippen molar-refractivity contribution in [2.45, 2.75) is 47.5 Å². The molecule has 0 saturated carbocycles. The molecule has 4 nitrogen and oxygen atoms in total. The number of ketones is 2. The van der Waals surface area contributed by atoms with Crippen molar-refractivity contribution in [3.8, 4) is 0 Å². The van der Waals surface area contributed by atoms with Crippen LogP contribution in [0.5, 0.6) is 0 Å². The van der Waals surface area contributed by atoms with Gasteiger partial charge in [0.2, 0.25) is 0 Å². The number of carboxylic acid groups (broad SMARTS) is 1. The highest BCUT2D eigenvalue weighted by Crippen LogP contribution is 2.10. The predicted octanol–water partition coefficient (Wildman–Crippen LogP) is 3.66. The van der Waals surface area contributed by atoms with Gasteiger partial charge in [0.05, 0.1) is 6.42 Å². The highest BCUT2D eigenvalue weighted by Gasteiger charge is 2.15. The fourth-order valence-electron chi connectivity index (χ4n) is 1.39. The number of carbonyl (C=O) groups is 3. The van der Waals surface area contributed by atoms with Crippen LogP contribution in [0, 0.1) is 6.92 Å². The van der Waals surface area contributed by atoms with Gasteiger partial charge >= 0.3 is 5.97 Å². The summed E-state index contributed by atoms with van der Waals surface area (Å²) in [6, 6.07) is 6.91. The predicted molar refractivity (Wildman–Crippen MR) is 80.1 cm³/mol. The lowest BCUT2D eigenvalue weighted by atomic mass is 10.0. The Bertz CT molecular complexity index is 436. The largest absolute Gasteiger partial charge is 0.481 e. The van der Waals surface area contributed by atoms with Crippen molar-refractivity contribution < 1.29 is 19.5 Å². The van der Waals surface area contributed by atoms with Crippen LogP contribution in [-0.4, -0.2) is 22.6 Å². The molecule has 0 heterocycles. The Morgan fingerprint density at radius 3 is 1.90 bits per heavy atom. The first-order valence-corrected chi connectivity index (χ1v) is 6.83. The van der Waals surface area contributed by atoms with Crippen LogP contribution in [0.2, 0.25) is 0 Å². The Morgan fingerprint density at radius 2 is 1.45 bits per heavy atom. The average Bonchev–Trinajstić information content (AvgIpc) is 2.42. The Kier molecular flexibility index (Phi) is 12.3. The molecule has 1 N–H and O–H groups in total. The van der Waals surface area contributed by atoms with Crippen molar-refractivity contribution in [2.75, 3.05) is 0 Å². The van der Waals surface area contributed by atoms with Crippen LogP contribution in [0.25, 0.3) is 0 Å². The molecule has 0 aliphatic carbocycles. The normalized spacial score (nSPS) is 8.45. The van der Waals surface area contributed by atoms with E-state index in [1.165, 1.54) is 0 Å². The minimum Gasteiger partial charge on any atom is -0.481 e. The maximum Gasteiger partial charge on any atom is 0.310 e. The summed E-state index contributed by atoms with van der Waals surface area (Å²) >= 11 is 0. The van der Waals surface area contributed by atoms with Crippen molar-refractivity contribution in [2.24, 2.45) is 0 Å². The number of Topliss-reactive ketones (excluding diaryl/α,β-unsaturated/α-hetero) is 2. The first-order chi connectivity index (χ1) is 9.50. The molecule has 1 rings (SSSR count). The first kappa shape index (κ1) is 20.3. The Hall–Kier alpha value is -1.97. The summed E-state index contributed by atoms with van der Waals surface area (Å²) in [4.78, 5) is 33.1. The molecule has 112 valence electrons. The van der Waals surface area contributed by atoms with Gasteiger partial charge in [-0.3, -0.25) is 14.4 Å². The van der Waals surface area contributed by atoms with Gasteiger partial charge in [-0.2, -0.15) is 0 Å². The molecule has 0 fully saturated rings. The molecular weight excluding hydrogens is 256 g/mol. The molecule has 0 unspecified atom stereocenters. The third-order valence-electron chi connectivity index (χ3n) is 2.15. The maximum absolute atomic E-state index is 11.6. The maximum atomic E-state index is 11.6. The molecule has 0 spiro atoms. The van der Waals surface area contributed by atoms with E-state index in [2.05, 4.69) is 0 Å². The molecule has 0 radical (unpaired) electrons. The molecule has 0 aliphatic rings. The van der Waals surface area contributed by atoms with Gasteiger partial charge in [-0.05, 0) is 12.5 Å². The smallest absolute Gasteiger partial charge is 0.310 e. The van der Waals surface area contributed by atoms with E-state index >= 15 is 0 Å². The molecular formula is C16H24O4. The number of rotatable bonds is 5. The zero-order chi connectivity index (χ0) is 16.1. The summed E-state index contributed by atoms with van der Waals surface area (Å²) in [6.45, 7) is 9.77. The van der Waals surface area contributed by atoms with Crippen LogP contribution in [0.4, 0.5) is 0 Å². The van der Waals surface area contributed by atoms with Gasteiger partial charge in [-0.1, -0.05) is 52.0 Å². The lowest BCUT2D eigenvalue weighted by molar-refractivity contribution is -0.139. The minimum atomic E-state index is -1.21. The molecule has 0 bridgehead atoms. The van der Waals surface area contributed by atoms with Crippen LogP contribution < -0.4 is 0 Å². The molecule has 0 atom stereocenters. The third-order valence-corrected chi connectivity index (χ3v) is 2.15. The van der Waals surface area contributed by atoms with E-state index in [-0.39, 0.29) is 12.2 Å². The minimum absolute atomic E-state index is 0.329. The molecule has 0 amide bonds. The van der Waals surface area contributed by atoms with E-state index < -0.39 is 18.2 Å². The highest BCUT2D eigenvalue weighted by molar-refractivity contribution is 6.11.